The molecular weight excluding hydrogens is 779 g/mol. The van der Waals surface area contributed by atoms with Gasteiger partial charge >= 0.3 is 0 Å². The molecule has 1 aliphatic rings. The van der Waals surface area contributed by atoms with Crippen molar-refractivity contribution in [2.24, 2.45) is 0 Å². The van der Waals surface area contributed by atoms with Crippen molar-refractivity contribution in [1.29, 1.82) is 0 Å². The molecule has 0 N–H and O–H groups in total. The summed E-state index contributed by atoms with van der Waals surface area (Å²) in [5, 5.41) is 3.94. The lowest BCUT2D eigenvalue weighted by Crippen LogP contribution is -2.09. The number of benzene rings is 9. The number of rotatable bonds is 7. The number of fused-ring (bicyclic) bond motifs is 6. The maximum absolute atomic E-state index is 2.51. The second-order valence-electron chi connectivity index (χ2n) is 17.0. The summed E-state index contributed by atoms with van der Waals surface area (Å²) >= 11 is 1.88. The molecule has 2 heteroatoms. The predicted octanol–water partition coefficient (Wildman–Crippen LogP) is 17.4. The molecule has 0 fully saturated rings. The quantitative estimate of drug-likeness (QED) is 0.151. The van der Waals surface area contributed by atoms with E-state index in [0.29, 0.717) is 5.92 Å². The Hall–Kier alpha value is -7.52. The topological polar surface area (TPSA) is 4.93 Å². The summed E-state index contributed by atoms with van der Waals surface area (Å²) in [5.41, 5.74) is 20.2. The molecule has 11 aromatic rings. The van der Waals surface area contributed by atoms with Gasteiger partial charge in [-0.1, -0.05) is 165 Å². The minimum atomic E-state index is 0.325. The zero-order valence-electron chi connectivity index (χ0n) is 35.0. The summed E-state index contributed by atoms with van der Waals surface area (Å²) < 4.78 is 5.16. The van der Waals surface area contributed by atoms with Crippen LogP contribution >= 0.6 is 11.3 Å². The zero-order chi connectivity index (χ0) is 41.9. The van der Waals surface area contributed by atoms with Gasteiger partial charge in [-0.05, 0) is 140 Å². The van der Waals surface area contributed by atoms with Gasteiger partial charge in [0.2, 0.25) is 0 Å². The molecule has 1 atom stereocenters. The Labute approximate surface area is 372 Å². The van der Waals surface area contributed by atoms with Crippen molar-refractivity contribution in [1.82, 2.24) is 4.57 Å². The van der Waals surface area contributed by atoms with Crippen molar-refractivity contribution in [2.75, 3.05) is 0 Å². The number of nitrogens with zero attached hydrogens (tertiary/aromatic N) is 1. The van der Waals surface area contributed by atoms with E-state index in [9.17, 15) is 0 Å². The molecule has 0 spiro atoms. The van der Waals surface area contributed by atoms with Gasteiger partial charge < -0.3 is 4.57 Å². The first-order valence-electron chi connectivity index (χ1n) is 21.9. The fraction of sp³-hybridized carbons (Fsp3) is 0.0492. The average molecular weight is 822 g/mol. The van der Waals surface area contributed by atoms with E-state index in [4.69, 9.17) is 0 Å². The van der Waals surface area contributed by atoms with Gasteiger partial charge in [-0.3, -0.25) is 0 Å². The molecule has 63 heavy (non-hydrogen) atoms. The summed E-state index contributed by atoms with van der Waals surface area (Å²) in [7, 11) is 0. The SMILES string of the molecule is CC1CC(c2ccc(-c3ccc4sc5ccc(-c6ccccc6)cc5c4c3)cc2)=Cc2c1n(-c1ccccc1)c1ccc(-c3cccc(-c4cccc(-c5ccccc5)c4)c3)cc21. The zero-order valence-corrected chi connectivity index (χ0v) is 35.8. The molecule has 0 amide bonds. The van der Waals surface area contributed by atoms with E-state index in [1.54, 1.807) is 0 Å². The summed E-state index contributed by atoms with van der Waals surface area (Å²) in [4.78, 5) is 0. The van der Waals surface area contributed by atoms with Gasteiger partial charge in [-0.25, -0.2) is 0 Å². The van der Waals surface area contributed by atoms with Crippen molar-refractivity contribution in [3.05, 3.63) is 235 Å². The molecule has 9 aromatic carbocycles. The van der Waals surface area contributed by atoms with Gasteiger partial charge in [0.05, 0.1) is 5.52 Å². The van der Waals surface area contributed by atoms with Gasteiger partial charge in [0, 0.05) is 48.4 Å². The van der Waals surface area contributed by atoms with E-state index in [1.165, 1.54) is 115 Å². The van der Waals surface area contributed by atoms with Gasteiger partial charge in [0.15, 0.2) is 0 Å². The molecular formula is C61H43NS. The van der Waals surface area contributed by atoms with Crippen LogP contribution in [0.4, 0.5) is 0 Å². The van der Waals surface area contributed by atoms with Crippen LogP contribution in [0.5, 0.6) is 0 Å². The van der Waals surface area contributed by atoms with Crippen LogP contribution in [-0.2, 0) is 0 Å². The Kier molecular flexibility index (Phi) is 9.13. The summed E-state index contributed by atoms with van der Waals surface area (Å²) in [6.07, 6.45) is 3.46. The molecule has 0 saturated heterocycles. The maximum Gasteiger partial charge on any atom is 0.0538 e. The van der Waals surface area contributed by atoms with Crippen LogP contribution in [0, 0.1) is 0 Å². The maximum atomic E-state index is 2.51. The molecule has 0 aliphatic heterocycles. The molecule has 0 bridgehead atoms. The average Bonchev–Trinajstić information content (AvgIpc) is 3.90. The van der Waals surface area contributed by atoms with E-state index in [0.717, 1.165) is 6.42 Å². The van der Waals surface area contributed by atoms with Crippen LogP contribution in [0.3, 0.4) is 0 Å². The molecule has 1 nitrogen and oxygen atoms in total. The lowest BCUT2D eigenvalue weighted by atomic mass is 9.84. The lowest BCUT2D eigenvalue weighted by molar-refractivity contribution is 0.733. The smallest absolute Gasteiger partial charge is 0.0538 e. The van der Waals surface area contributed by atoms with Crippen LogP contribution in [0.15, 0.2) is 218 Å². The second kappa shape index (κ2) is 15.4. The Bertz CT molecular complexity index is 3520. The van der Waals surface area contributed by atoms with Gasteiger partial charge in [-0.2, -0.15) is 0 Å². The molecule has 2 heterocycles. The molecule has 298 valence electrons. The first kappa shape index (κ1) is 37.3. The summed E-state index contributed by atoms with van der Waals surface area (Å²) in [6.45, 7) is 2.40. The monoisotopic (exact) mass is 821 g/mol. The minimum absolute atomic E-state index is 0.325. The van der Waals surface area contributed by atoms with Crippen LogP contribution in [0.1, 0.15) is 36.1 Å². The molecule has 12 rings (SSSR count). The van der Waals surface area contributed by atoms with E-state index in [2.05, 4.69) is 236 Å². The van der Waals surface area contributed by atoms with E-state index in [1.807, 2.05) is 11.3 Å². The molecule has 1 unspecified atom stereocenters. The van der Waals surface area contributed by atoms with Crippen molar-refractivity contribution in [3.63, 3.8) is 0 Å². The standard InChI is InChI=1S/C61H43NS/c1-40-33-52(44-25-23-43(24-26-44)50-29-32-60-56(38-50)55-37-49(28-31-59(55)63-60)42-15-7-3-8-16-42)39-57-54-36-51(27-30-58(54)62(61(40)57)53-21-9-4-10-22-53)48-20-12-19-47(35-48)46-18-11-17-45(34-46)41-13-5-2-6-14-41/h2-32,34-40H,33H2,1H3. The fourth-order valence-corrected chi connectivity index (χ4v) is 11.0. The van der Waals surface area contributed by atoms with Gasteiger partial charge in [0.25, 0.3) is 0 Å². The lowest BCUT2D eigenvalue weighted by Gasteiger charge is -2.24. The Morgan fingerprint density at radius 3 is 1.37 bits per heavy atom. The fourth-order valence-electron chi connectivity index (χ4n) is 9.90. The van der Waals surface area contributed by atoms with E-state index < -0.39 is 0 Å². The van der Waals surface area contributed by atoms with Gasteiger partial charge in [-0.15, -0.1) is 11.3 Å². The van der Waals surface area contributed by atoms with Crippen molar-refractivity contribution >= 4 is 54.1 Å². The largest absolute Gasteiger partial charge is 0.313 e. The Balaban J connectivity index is 0.916. The predicted molar refractivity (Wildman–Crippen MR) is 271 cm³/mol. The summed E-state index contributed by atoms with van der Waals surface area (Å²) in [6, 6.07) is 80.4. The highest BCUT2D eigenvalue weighted by Crippen LogP contribution is 2.46. The van der Waals surface area contributed by atoms with E-state index in [-0.39, 0.29) is 0 Å². The van der Waals surface area contributed by atoms with Crippen LogP contribution in [0.2, 0.25) is 0 Å². The highest BCUT2D eigenvalue weighted by molar-refractivity contribution is 7.25. The number of para-hydroxylation sites is 1. The minimum Gasteiger partial charge on any atom is -0.313 e. The summed E-state index contributed by atoms with van der Waals surface area (Å²) in [5.74, 6) is 0.325. The Morgan fingerprint density at radius 1 is 0.381 bits per heavy atom. The Morgan fingerprint density at radius 2 is 0.794 bits per heavy atom. The third-order valence-corrected chi connectivity index (χ3v) is 14.2. The van der Waals surface area contributed by atoms with Crippen LogP contribution < -0.4 is 0 Å². The molecule has 0 saturated carbocycles. The van der Waals surface area contributed by atoms with Gasteiger partial charge in [0.1, 0.15) is 0 Å². The first-order valence-corrected chi connectivity index (χ1v) is 22.8. The van der Waals surface area contributed by atoms with Crippen LogP contribution in [0.25, 0.3) is 104 Å². The highest BCUT2D eigenvalue weighted by Gasteiger charge is 2.27. The van der Waals surface area contributed by atoms with E-state index >= 15 is 0 Å². The first-order chi connectivity index (χ1) is 31.1. The molecule has 0 radical (unpaired) electrons. The highest BCUT2D eigenvalue weighted by atomic mass is 32.1. The molecule has 2 aromatic heterocycles. The number of allylic oxidation sites excluding steroid dienone is 1. The number of aromatic nitrogens is 1. The third-order valence-electron chi connectivity index (χ3n) is 13.0. The third kappa shape index (κ3) is 6.72. The molecule has 1 aliphatic carbocycles. The van der Waals surface area contributed by atoms with Crippen molar-refractivity contribution < 1.29 is 0 Å². The van der Waals surface area contributed by atoms with Crippen molar-refractivity contribution in [3.8, 4) is 61.3 Å². The second-order valence-corrected chi connectivity index (χ2v) is 18.1. The number of hydrogen-bond acceptors (Lipinski definition) is 1. The normalized spacial score (nSPS) is 13.7. The van der Waals surface area contributed by atoms with Crippen molar-refractivity contribution in [2.45, 2.75) is 19.3 Å². The number of hydrogen-bond donors (Lipinski definition) is 0. The van der Waals surface area contributed by atoms with Crippen LogP contribution in [-0.4, -0.2) is 4.57 Å². The number of thiophene rings is 1.